The predicted octanol–water partition coefficient (Wildman–Crippen LogP) is 8.91. The van der Waals surface area contributed by atoms with E-state index in [-0.39, 0.29) is 17.2 Å². The molecule has 0 bridgehead atoms. The molecule has 1 aromatic heterocycles. The number of carbonyl (C=O) groups excluding carboxylic acids is 3. The molecule has 0 atom stereocenters. The van der Waals surface area contributed by atoms with Crippen molar-refractivity contribution >= 4 is 41.1 Å². The Morgan fingerprint density at radius 3 is 2.26 bits per heavy atom. The van der Waals surface area contributed by atoms with Gasteiger partial charge in [0.15, 0.2) is 5.78 Å². The molecule has 7 nitrogen and oxygen atoms in total. The maximum Gasteiger partial charge on any atom is 0.272 e. The number of amides is 2. The number of ether oxygens (including phenoxy) is 1. The highest BCUT2D eigenvalue weighted by atomic mass is 32.2. The second-order valence-electron chi connectivity index (χ2n) is 11.7. The summed E-state index contributed by atoms with van der Waals surface area (Å²) in [5.74, 6) is 0.947. The Kier molecular flexibility index (Phi) is 9.44. The van der Waals surface area contributed by atoms with E-state index >= 15 is 0 Å². The normalized spacial score (nSPS) is 11.7. The fourth-order valence-electron chi connectivity index (χ4n) is 5.89. The molecule has 8 heteroatoms. The number of para-hydroxylation sites is 1. The second-order valence-corrected chi connectivity index (χ2v) is 12.7. The topological polar surface area (TPSA) is 97.6 Å². The van der Waals surface area contributed by atoms with Crippen LogP contribution in [0.2, 0.25) is 0 Å². The van der Waals surface area contributed by atoms with Crippen LogP contribution in [0.4, 0.5) is 5.69 Å². The summed E-state index contributed by atoms with van der Waals surface area (Å²) in [5, 5.41) is 5.60. The maximum atomic E-state index is 13.6. The van der Waals surface area contributed by atoms with Crippen LogP contribution in [-0.2, 0) is 11.2 Å². The van der Waals surface area contributed by atoms with Crippen LogP contribution in [0.25, 0.3) is 28.5 Å². The molecule has 2 amide bonds. The molecular formula is C42H32N2O5S. The largest absolute Gasteiger partial charge is 0.496 e. The summed E-state index contributed by atoms with van der Waals surface area (Å²) in [7, 11) is 1.59. The van der Waals surface area contributed by atoms with Crippen LogP contribution in [0, 0.1) is 0 Å². The Morgan fingerprint density at radius 1 is 0.740 bits per heavy atom. The molecular weight excluding hydrogens is 645 g/mol. The average Bonchev–Trinajstić information content (AvgIpc) is 3.78. The second kappa shape index (κ2) is 14.6. The minimum absolute atomic E-state index is 0.00118. The third-order valence-electron chi connectivity index (χ3n) is 8.41. The van der Waals surface area contributed by atoms with Crippen LogP contribution in [0.5, 0.6) is 5.75 Å². The number of hydrogen-bond donors (Lipinski definition) is 2. The Labute approximate surface area is 294 Å². The van der Waals surface area contributed by atoms with Gasteiger partial charge < -0.3 is 19.8 Å². The zero-order valence-corrected chi connectivity index (χ0v) is 28.0. The smallest absolute Gasteiger partial charge is 0.272 e. The van der Waals surface area contributed by atoms with Gasteiger partial charge in [-0.2, -0.15) is 0 Å². The summed E-state index contributed by atoms with van der Waals surface area (Å²) in [6, 6.07) is 41.2. The predicted molar refractivity (Wildman–Crippen MR) is 197 cm³/mol. The molecule has 0 spiro atoms. The van der Waals surface area contributed by atoms with Gasteiger partial charge in [-0.25, -0.2) is 0 Å². The Hall–Kier alpha value is -6.12. The number of furan rings is 1. The van der Waals surface area contributed by atoms with Gasteiger partial charge in [-0.3, -0.25) is 14.4 Å². The molecule has 2 N–H and O–H groups in total. The number of Topliss-reactive ketones (excluding diaryl/α,β-unsaturated/α-hetero) is 1. The lowest BCUT2D eigenvalue weighted by Gasteiger charge is -2.11. The van der Waals surface area contributed by atoms with Crippen molar-refractivity contribution < 1.29 is 23.5 Å². The van der Waals surface area contributed by atoms with E-state index in [4.69, 9.17) is 9.15 Å². The van der Waals surface area contributed by atoms with Gasteiger partial charge in [0, 0.05) is 27.8 Å². The molecule has 0 saturated heterocycles. The first-order valence-electron chi connectivity index (χ1n) is 16.0. The first-order valence-corrected chi connectivity index (χ1v) is 17.0. The summed E-state index contributed by atoms with van der Waals surface area (Å²) in [6.07, 6.45) is 2.33. The van der Waals surface area contributed by atoms with Gasteiger partial charge in [0.2, 0.25) is 0 Å². The third-order valence-corrected chi connectivity index (χ3v) is 9.42. The molecule has 0 fully saturated rings. The average molecular weight is 677 g/mol. The highest BCUT2D eigenvalue weighted by Gasteiger charge is 2.20. The van der Waals surface area contributed by atoms with E-state index in [0.717, 1.165) is 16.9 Å². The molecule has 1 heterocycles. The minimum atomic E-state index is -0.529. The van der Waals surface area contributed by atoms with Crippen LogP contribution in [0.15, 0.2) is 148 Å². The lowest BCUT2D eigenvalue weighted by atomic mass is 10.0. The molecule has 0 radical (unpaired) electrons. The van der Waals surface area contributed by atoms with E-state index < -0.39 is 11.8 Å². The summed E-state index contributed by atoms with van der Waals surface area (Å²) >= 11 is 1.44. The van der Waals surface area contributed by atoms with Crippen LogP contribution < -0.4 is 15.4 Å². The van der Waals surface area contributed by atoms with Crippen molar-refractivity contribution in [2.45, 2.75) is 11.3 Å². The van der Waals surface area contributed by atoms with Gasteiger partial charge in [-0.1, -0.05) is 66.7 Å². The number of fused-ring (bicyclic) bond motifs is 3. The number of rotatable bonds is 11. The first kappa shape index (κ1) is 32.4. The lowest BCUT2D eigenvalue weighted by molar-refractivity contribution is -0.113. The van der Waals surface area contributed by atoms with Crippen LogP contribution in [0.3, 0.4) is 0 Å². The van der Waals surface area contributed by atoms with Gasteiger partial charge in [0.25, 0.3) is 11.8 Å². The van der Waals surface area contributed by atoms with E-state index in [1.165, 1.54) is 40.1 Å². The minimum Gasteiger partial charge on any atom is -0.496 e. The van der Waals surface area contributed by atoms with Crippen LogP contribution in [0.1, 0.15) is 37.6 Å². The third kappa shape index (κ3) is 7.16. The van der Waals surface area contributed by atoms with Crippen molar-refractivity contribution in [1.82, 2.24) is 5.32 Å². The standard InChI is InChI=1S/C42H32N2O5S/c1-48-39-14-8-7-13-36(39)40-22-18-32(49-40)25-37(44-41(46)27-9-3-2-4-10-27)42(47)43-31-16-19-33(20-17-31)50-26-38(45)29-15-21-35-30(24-29)23-28-11-5-6-12-34(28)35/h2-22,24-25H,23,26H2,1H3,(H,43,47)(H,44,46). The number of benzene rings is 5. The van der Waals surface area contributed by atoms with Crippen LogP contribution in [-0.4, -0.2) is 30.5 Å². The van der Waals surface area contributed by atoms with Gasteiger partial charge in [-0.05, 0) is 95.4 Å². The van der Waals surface area contributed by atoms with Crippen molar-refractivity contribution in [3.8, 4) is 28.2 Å². The van der Waals surface area contributed by atoms with E-state index in [1.807, 2.05) is 72.8 Å². The zero-order valence-electron chi connectivity index (χ0n) is 27.1. The summed E-state index contributed by atoms with van der Waals surface area (Å²) in [6.45, 7) is 0. The lowest BCUT2D eigenvalue weighted by Crippen LogP contribution is -2.30. The van der Waals surface area contributed by atoms with Crippen molar-refractivity contribution in [2.24, 2.45) is 0 Å². The van der Waals surface area contributed by atoms with Crippen molar-refractivity contribution in [1.29, 1.82) is 0 Å². The molecule has 6 aromatic rings. The quantitative estimate of drug-likeness (QED) is 0.0807. The number of thioether (sulfide) groups is 1. The van der Waals surface area contributed by atoms with Crippen LogP contribution >= 0.6 is 11.8 Å². The van der Waals surface area contributed by atoms with Crippen molar-refractivity contribution in [3.05, 3.63) is 167 Å². The van der Waals surface area contributed by atoms with Gasteiger partial charge in [0.1, 0.15) is 23.0 Å². The van der Waals surface area contributed by atoms with Gasteiger partial charge in [0.05, 0.1) is 18.4 Å². The monoisotopic (exact) mass is 676 g/mol. The van der Waals surface area contributed by atoms with E-state index in [1.54, 1.807) is 55.6 Å². The fourth-order valence-corrected chi connectivity index (χ4v) is 6.68. The van der Waals surface area contributed by atoms with E-state index in [2.05, 4.69) is 22.8 Å². The number of hydrogen-bond acceptors (Lipinski definition) is 6. The molecule has 0 aliphatic heterocycles. The SMILES string of the molecule is COc1ccccc1-c1ccc(C=C(NC(=O)c2ccccc2)C(=O)Nc2ccc(SCC(=O)c3ccc4c(c3)Cc3ccccc3-4)cc2)o1. The van der Waals surface area contributed by atoms with Gasteiger partial charge in [-0.15, -0.1) is 11.8 Å². The first-order chi connectivity index (χ1) is 24.4. The molecule has 5 aromatic carbocycles. The fraction of sp³-hybridized carbons (Fsp3) is 0.0714. The highest BCUT2D eigenvalue weighted by Crippen LogP contribution is 2.37. The maximum absolute atomic E-state index is 13.6. The number of anilines is 1. The number of carbonyl (C=O) groups is 3. The Balaban J connectivity index is 1.03. The molecule has 246 valence electrons. The summed E-state index contributed by atoms with van der Waals surface area (Å²) in [5.41, 5.74) is 7.29. The van der Waals surface area contributed by atoms with Crippen molar-refractivity contribution in [3.63, 3.8) is 0 Å². The molecule has 50 heavy (non-hydrogen) atoms. The summed E-state index contributed by atoms with van der Waals surface area (Å²) < 4.78 is 11.5. The molecule has 0 unspecified atom stereocenters. The molecule has 0 saturated carbocycles. The van der Waals surface area contributed by atoms with E-state index in [0.29, 0.717) is 34.1 Å². The summed E-state index contributed by atoms with van der Waals surface area (Å²) in [4.78, 5) is 40.6. The van der Waals surface area contributed by atoms with Crippen molar-refractivity contribution in [2.75, 3.05) is 18.2 Å². The highest BCUT2D eigenvalue weighted by molar-refractivity contribution is 8.00. The Morgan fingerprint density at radius 2 is 1.46 bits per heavy atom. The number of nitrogens with one attached hydrogen (secondary N) is 2. The van der Waals surface area contributed by atoms with Gasteiger partial charge >= 0.3 is 0 Å². The molecule has 1 aliphatic rings. The number of methoxy groups -OCH3 is 1. The molecule has 1 aliphatic carbocycles. The van der Waals surface area contributed by atoms with E-state index in [9.17, 15) is 14.4 Å². The number of ketones is 1. The Bertz CT molecular complexity index is 2240. The zero-order chi connectivity index (χ0) is 34.5. The molecule has 7 rings (SSSR count).